The molecule has 0 unspecified atom stereocenters. The van der Waals surface area contributed by atoms with E-state index in [9.17, 15) is 4.79 Å². The van der Waals surface area contributed by atoms with Gasteiger partial charge in [-0.05, 0) is 93.6 Å². The van der Waals surface area contributed by atoms with Crippen molar-refractivity contribution in [3.05, 3.63) is 82.9 Å². The van der Waals surface area contributed by atoms with Crippen LogP contribution in [-0.4, -0.2) is 30.4 Å². The lowest BCUT2D eigenvalue weighted by Gasteiger charge is -2.32. The predicted octanol–water partition coefficient (Wildman–Crippen LogP) is 5.76. The summed E-state index contributed by atoms with van der Waals surface area (Å²) in [5, 5.41) is 3.08. The molecular formula is C28H36N2O. The largest absolute Gasteiger partial charge is 0.352 e. The van der Waals surface area contributed by atoms with Crippen LogP contribution in [-0.2, 0) is 13.0 Å². The molecule has 164 valence electrons. The maximum atomic E-state index is 12.4. The fourth-order valence-electron chi connectivity index (χ4n) is 4.89. The van der Waals surface area contributed by atoms with E-state index in [1.54, 1.807) is 0 Å². The Balaban J connectivity index is 1.18. The summed E-state index contributed by atoms with van der Waals surface area (Å²) in [5.74, 6) is 0.846. The highest BCUT2D eigenvalue weighted by molar-refractivity contribution is 5.94. The van der Waals surface area contributed by atoms with Crippen molar-refractivity contribution in [2.45, 2.75) is 57.9 Å². The van der Waals surface area contributed by atoms with E-state index in [1.165, 1.54) is 61.6 Å². The molecule has 1 aliphatic heterocycles. The lowest BCUT2D eigenvalue weighted by Crippen LogP contribution is -2.33. The zero-order valence-corrected chi connectivity index (χ0v) is 18.7. The molecule has 1 fully saturated rings. The van der Waals surface area contributed by atoms with Crippen molar-refractivity contribution in [1.82, 2.24) is 10.2 Å². The quantitative estimate of drug-likeness (QED) is 0.555. The number of rotatable bonds is 8. The van der Waals surface area contributed by atoms with Crippen molar-refractivity contribution >= 4 is 5.91 Å². The van der Waals surface area contributed by atoms with E-state index in [-0.39, 0.29) is 5.91 Å². The summed E-state index contributed by atoms with van der Waals surface area (Å²) in [7, 11) is 0. The summed E-state index contributed by atoms with van der Waals surface area (Å²) in [6, 6.07) is 19.1. The third-order valence-corrected chi connectivity index (χ3v) is 6.81. The topological polar surface area (TPSA) is 32.3 Å². The molecular weight excluding hydrogens is 380 g/mol. The minimum absolute atomic E-state index is 0.0460. The van der Waals surface area contributed by atoms with Crippen molar-refractivity contribution in [1.29, 1.82) is 0 Å². The summed E-state index contributed by atoms with van der Waals surface area (Å²) in [5.41, 5.74) is 5.04. The van der Waals surface area contributed by atoms with Crippen molar-refractivity contribution in [2.75, 3.05) is 19.6 Å². The number of hydrogen-bond acceptors (Lipinski definition) is 2. The number of amides is 1. The van der Waals surface area contributed by atoms with E-state index >= 15 is 0 Å². The number of carbonyl (C=O) groups excluding carboxylic acids is 1. The highest BCUT2D eigenvalue weighted by Crippen LogP contribution is 2.23. The van der Waals surface area contributed by atoms with Crippen LogP contribution in [0.1, 0.15) is 66.4 Å². The van der Waals surface area contributed by atoms with Crippen LogP contribution in [0.4, 0.5) is 0 Å². The molecule has 1 heterocycles. The van der Waals surface area contributed by atoms with Crippen LogP contribution in [0, 0.1) is 5.92 Å². The third kappa shape index (κ3) is 6.80. The lowest BCUT2D eigenvalue weighted by atomic mass is 9.90. The number of nitrogens with zero attached hydrogens (tertiary/aromatic N) is 1. The Kier molecular flexibility index (Phi) is 7.95. The Morgan fingerprint density at radius 3 is 2.42 bits per heavy atom. The Hall–Kier alpha value is -2.39. The monoisotopic (exact) mass is 416 g/mol. The fraction of sp³-hybridized carbons (Fsp3) is 0.464. The number of nitrogens with one attached hydrogen (secondary N) is 1. The molecule has 2 aliphatic rings. The number of carbonyl (C=O) groups is 1. The molecule has 1 N–H and O–H groups in total. The number of benzene rings is 2. The molecule has 3 heteroatoms. The van der Waals surface area contributed by atoms with Crippen LogP contribution < -0.4 is 5.32 Å². The van der Waals surface area contributed by atoms with Crippen LogP contribution in [0.25, 0.3) is 0 Å². The highest BCUT2D eigenvalue weighted by atomic mass is 16.1. The van der Waals surface area contributed by atoms with Gasteiger partial charge < -0.3 is 5.32 Å². The molecule has 0 saturated carbocycles. The van der Waals surface area contributed by atoms with Crippen molar-refractivity contribution in [3.8, 4) is 0 Å². The average Bonchev–Trinajstić information content (AvgIpc) is 2.82. The van der Waals surface area contributed by atoms with E-state index in [0.29, 0.717) is 0 Å². The van der Waals surface area contributed by atoms with Crippen LogP contribution in [0.5, 0.6) is 0 Å². The molecule has 4 rings (SSSR count). The molecule has 2 aromatic rings. The van der Waals surface area contributed by atoms with E-state index in [2.05, 4.69) is 58.8 Å². The van der Waals surface area contributed by atoms with Gasteiger partial charge in [-0.1, -0.05) is 54.1 Å². The van der Waals surface area contributed by atoms with Gasteiger partial charge in [-0.3, -0.25) is 9.69 Å². The van der Waals surface area contributed by atoms with Gasteiger partial charge in [0.1, 0.15) is 0 Å². The first-order chi connectivity index (χ1) is 15.3. The van der Waals surface area contributed by atoms with Crippen LogP contribution >= 0.6 is 0 Å². The minimum atomic E-state index is 0.0460. The normalized spacial score (nSPS) is 17.9. The summed E-state index contributed by atoms with van der Waals surface area (Å²) in [4.78, 5) is 15.0. The summed E-state index contributed by atoms with van der Waals surface area (Å²) in [6.45, 7) is 4.05. The van der Waals surface area contributed by atoms with Crippen LogP contribution in [0.3, 0.4) is 0 Å². The highest BCUT2D eigenvalue weighted by Gasteiger charge is 2.19. The average molecular weight is 417 g/mol. The first-order valence-electron chi connectivity index (χ1n) is 12.1. The predicted molar refractivity (Wildman–Crippen MR) is 128 cm³/mol. The van der Waals surface area contributed by atoms with Gasteiger partial charge >= 0.3 is 0 Å². The molecule has 0 bridgehead atoms. The zero-order chi connectivity index (χ0) is 21.3. The van der Waals surface area contributed by atoms with Crippen molar-refractivity contribution in [2.24, 2.45) is 5.92 Å². The van der Waals surface area contributed by atoms with Gasteiger partial charge in [0.25, 0.3) is 5.91 Å². The lowest BCUT2D eigenvalue weighted by molar-refractivity contribution is 0.0954. The molecule has 1 amide bonds. The van der Waals surface area contributed by atoms with Gasteiger partial charge in [0.2, 0.25) is 0 Å². The molecule has 1 saturated heterocycles. The van der Waals surface area contributed by atoms with E-state index < -0.39 is 0 Å². The van der Waals surface area contributed by atoms with Gasteiger partial charge in [-0.2, -0.15) is 0 Å². The maximum absolute atomic E-state index is 12.4. The SMILES string of the molecule is O=C(NCCC1=CCCCC1)c1ccc(CN2CCC(Cc3ccccc3)CC2)cc1. The van der Waals surface area contributed by atoms with E-state index in [1.807, 2.05) is 12.1 Å². The molecule has 0 atom stereocenters. The molecule has 0 spiro atoms. The summed E-state index contributed by atoms with van der Waals surface area (Å²) in [6.07, 6.45) is 12.1. The van der Waals surface area contributed by atoms with E-state index in [4.69, 9.17) is 0 Å². The molecule has 1 aliphatic carbocycles. The van der Waals surface area contributed by atoms with Gasteiger partial charge in [0.05, 0.1) is 0 Å². The smallest absolute Gasteiger partial charge is 0.251 e. The molecule has 31 heavy (non-hydrogen) atoms. The Labute approximate surface area is 187 Å². The van der Waals surface area contributed by atoms with Crippen LogP contribution in [0.15, 0.2) is 66.2 Å². The fourth-order valence-corrected chi connectivity index (χ4v) is 4.89. The number of piperidine rings is 1. The Bertz CT molecular complexity index is 848. The summed E-state index contributed by atoms with van der Waals surface area (Å²) >= 11 is 0. The van der Waals surface area contributed by atoms with Gasteiger partial charge in [0.15, 0.2) is 0 Å². The van der Waals surface area contributed by atoms with Crippen molar-refractivity contribution < 1.29 is 4.79 Å². The second-order valence-corrected chi connectivity index (χ2v) is 9.22. The Morgan fingerprint density at radius 1 is 0.935 bits per heavy atom. The van der Waals surface area contributed by atoms with Gasteiger partial charge in [-0.15, -0.1) is 0 Å². The zero-order valence-electron chi connectivity index (χ0n) is 18.7. The number of allylic oxidation sites excluding steroid dienone is 1. The van der Waals surface area contributed by atoms with E-state index in [0.717, 1.165) is 44.1 Å². The second-order valence-electron chi connectivity index (χ2n) is 9.22. The summed E-state index contributed by atoms with van der Waals surface area (Å²) < 4.78 is 0. The Morgan fingerprint density at radius 2 is 1.71 bits per heavy atom. The standard InChI is InChI=1S/C28H36N2O/c31-28(29-18-15-23-7-3-1-4-8-23)27-13-11-26(12-14-27)22-30-19-16-25(17-20-30)21-24-9-5-2-6-10-24/h2,5-7,9-14,25H,1,3-4,8,15-22H2,(H,29,31). The second kappa shape index (κ2) is 11.3. The van der Waals surface area contributed by atoms with Crippen molar-refractivity contribution in [3.63, 3.8) is 0 Å². The molecule has 3 nitrogen and oxygen atoms in total. The van der Waals surface area contributed by atoms with Gasteiger partial charge in [0, 0.05) is 18.7 Å². The minimum Gasteiger partial charge on any atom is -0.352 e. The molecule has 2 aromatic carbocycles. The number of hydrogen-bond donors (Lipinski definition) is 1. The maximum Gasteiger partial charge on any atom is 0.251 e. The molecule has 0 radical (unpaired) electrons. The first kappa shape index (κ1) is 21.8. The third-order valence-electron chi connectivity index (χ3n) is 6.81. The first-order valence-corrected chi connectivity index (χ1v) is 12.1. The van der Waals surface area contributed by atoms with Gasteiger partial charge in [-0.25, -0.2) is 0 Å². The molecule has 0 aromatic heterocycles. The number of likely N-dealkylation sites (tertiary alicyclic amines) is 1. The van der Waals surface area contributed by atoms with Crippen LogP contribution in [0.2, 0.25) is 0 Å².